The average molecular weight is 265 g/mol. The van der Waals surface area contributed by atoms with Gasteiger partial charge in [0.1, 0.15) is 5.82 Å². The first-order chi connectivity index (χ1) is 9.21. The minimum Gasteiger partial charge on any atom is -0.368 e. The molecule has 0 bridgehead atoms. The summed E-state index contributed by atoms with van der Waals surface area (Å²) in [5.74, 6) is 1.64. The minimum absolute atomic E-state index is 0.706. The lowest BCUT2D eigenvalue weighted by atomic mass is 10.3. The van der Waals surface area contributed by atoms with Crippen molar-refractivity contribution < 1.29 is 0 Å². The Bertz CT molecular complexity index is 363. The molecule has 0 aliphatic heterocycles. The zero-order valence-corrected chi connectivity index (χ0v) is 12.7. The first-order valence-corrected chi connectivity index (χ1v) is 7.24. The number of anilines is 2. The van der Waals surface area contributed by atoms with Crippen LogP contribution in [0.25, 0.3) is 0 Å². The fourth-order valence-corrected chi connectivity index (χ4v) is 1.82. The van der Waals surface area contributed by atoms with Crippen LogP contribution in [0.15, 0.2) is 6.20 Å². The topological polar surface area (TPSA) is 53.1 Å². The maximum Gasteiger partial charge on any atom is 0.224 e. The molecule has 0 fully saturated rings. The molecule has 108 valence electrons. The summed E-state index contributed by atoms with van der Waals surface area (Å²) < 4.78 is 0. The molecule has 2 N–H and O–H groups in total. The van der Waals surface area contributed by atoms with Crippen LogP contribution in [0, 0.1) is 6.92 Å². The maximum atomic E-state index is 4.51. The molecule has 1 aromatic heterocycles. The van der Waals surface area contributed by atoms with Gasteiger partial charge in [-0.3, -0.25) is 0 Å². The number of hydrogen-bond acceptors (Lipinski definition) is 5. The standard InChI is InChI=1S/C14H27N5/c1-5-8-16-14-17-11-12(4)13(18-14)15-9-10-19(6-2)7-3/h11H,5-10H2,1-4H3,(H2,15,16,17,18). The Balaban J connectivity index is 2.51. The molecule has 1 aromatic rings. The number of nitrogens with zero attached hydrogens (tertiary/aromatic N) is 3. The second-order valence-corrected chi connectivity index (χ2v) is 4.61. The van der Waals surface area contributed by atoms with Crippen molar-refractivity contribution in [2.24, 2.45) is 0 Å². The molecule has 19 heavy (non-hydrogen) atoms. The molecule has 0 atom stereocenters. The largest absolute Gasteiger partial charge is 0.368 e. The van der Waals surface area contributed by atoms with E-state index in [4.69, 9.17) is 0 Å². The zero-order chi connectivity index (χ0) is 14.1. The van der Waals surface area contributed by atoms with E-state index in [1.165, 1.54) is 0 Å². The smallest absolute Gasteiger partial charge is 0.224 e. The highest BCUT2D eigenvalue weighted by molar-refractivity contribution is 5.46. The second kappa shape index (κ2) is 8.69. The molecule has 0 aromatic carbocycles. The van der Waals surface area contributed by atoms with Crippen LogP contribution in [0.2, 0.25) is 0 Å². The number of hydrogen-bond donors (Lipinski definition) is 2. The Labute approximate surface area is 116 Å². The molecule has 5 nitrogen and oxygen atoms in total. The molecular formula is C14H27N5. The van der Waals surface area contributed by atoms with Crippen molar-refractivity contribution in [3.05, 3.63) is 11.8 Å². The Morgan fingerprint density at radius 2 is 1.84 bits per heavy atom. The molecule has 1 rings (SSSR count). The van der Waals surface area contributed by atoms with Crippen molar-refractivity contribution >= 4 is 11.8 Å². The molecule has 0 amide bonds. The molecule has 0 radical (unpaired) electrons. The van der Waals surface area contributed by atoms with Crippen molar-refractivity contribution in [3.63, 3.8) is 0 Å². The summed E-state index contributed by atoms with van der Waals surface area (Å²) in [7, 11) is 0. The predicted molar refractivity (Wildman–Crippen MR) is 81.8 cm³/mol. The van der Waals surface area contributed by atoms with Gasteiger partial charge in [-0.2, -0.15) is 4.98 Å². The number of aromatic nitrogens is 2. The van der Waals surface area contributed by atoms with Crippen LogP contribution in [0.1, 0.15) is 32.8 Å². The third-order valence-electron chi connectivity index (χ3n) is 3.12. The van der Waals surface area contributed by atoms with Crippen LogP contribution in [0.4, 0.5) is 11.8 Å². The van der Waals surface area contributed by atoms with E-state index in [-0.39, 0.29) is 0 Å². The lowest BCUT2D eigenvalue weighted by molar-refractivity contribution is 0.316. The highest BCUT2D eigenvalue weighted by Gasteiger charge is 2.04. The SMILES string of the molecule is CCCNc1ncc(C)c(NCCN(CC)CC)n1. The average Bonchev–Trinajstić information content (AvgIpc) is 2.44. The summed E-state index contributed by atoms with van der Waals surface area (Å²) in [6.07, 6.45) is 2.94. The molecule has 1 heterocycles. The summed E-state index contributed by atoms with van der Waals surface area (Å²) in [5.41, 5.74) is 1.08. The zero-order valence-electron chi connectivity index (χ0n) is 12.7. The van der Waals surface area contributed by atoms with Crippen molar-refractivity contribution in [1.82, 2.24) is 14.9 Å². The second-order valence-electron chi connectivity index (χ2n) is 4.61. The first-order valence-electron chi connectivity index (χ1n) is 7.24. The molecular weight excluding hydrogens is 238 g/mol. The van der Waals surface area contributed by atoms with Crippen LogP contribution in [-0.2, 0) is 0 Å². The Morgan fingerprint density at radius 1 is 1.11 bits per heavy atom. The predicted octanol–water partition coefficient (Wildman–Crippen LogP) is 2.36. The van der Waals surface area contributed by atoms with Gasteiger partial charge in [0.25, 0.3) is 0 Å². The van der Waals surface area contributed by atoms with Gasteiger partial charge >= 0.3 is 0 Å². The van der Waals surface area contributed by atoms with Crippen LogP contribution in [0.3, 0.4) is 0 Å². The molecule has 0 saturated carbocycles. The van der Waals surface area contributed by atoms with Crippen molar-refractivity contribution in [2.75, 3.05) is 43.4 Å². The maximum absolute atomic E-state index is 4.51. The van der Waals surface area contributed by atoms with Crippen molar-refractivity contribution in [1.29, 1.82) is 0 Å². The fourth-order valence-electron chi connectivity index (χ4n) is 1.82. The van der Waals surface area contributed by atoms with E-state index in [0.717, 1.165) is 50.5 Å². The quantitative estimate of drug-likeness (QED) is 0.718. The van der Waals surface area contributed by atoms with Gasteiger partial charge in [0.05, 0.1) is 0 Å². The molecule has 0 aliphatic rings. The van der Waals surface area contributed by atoms with Crippen molar-refractivity contribution in [3.8, 4) is 0 Å². The van der Waals surface area contributed by atoms with Crippen LogP contribution in [-0.4, -0.2) is 47.6 Å². The van der Waals surface area contributed by atoms with Gasteiger partial charge in [-0.15, -0.1) is 0 Å². The normalized spacial score (nSPS) is 10.8. The van der Waals surface area contributed by atoms with E-state index in [9.17, 15) is 0 Å². The van der Waals surface area contributed by atoms with E-state index in [2.05, 4.69) is 46.3 Å². The minimum atomic E-state index is 0.706. The summed E-state index contributed by atoms with van der Waals surface area (Å²) in [5, 5.41) is 6.61. The third kappa shape index (κ3) is 5.42. The van der Waals surface area contributed by atoms with E-state index < -0.39 is 0 Å². The number of nitrogens with one attached hydrogen (secondary N) is 2. The van der Waals surface area contributed by atoms with Crippen LogP contribution >= 0.6 is 0 Å². The van der Waals surface area contributed by atoms with Gasteiger partial charge in [0.2, 0.25) is 5.95 Å². The van der Waals surface area contributed by atoms with Crippen LogP contribution in [0.5, 0.6) is 0 Å². The third-order valence-corrected chi connectivity index (χ3v) is 3.12. The van der Waals surface area contributed by atoms with Gasteiger partial charge in [0.15, 0.2) is 0 Å². The highest BCUT2D eigenvalue weighted by Crippen LogP contribution is 2.12. The summed E-state index contributed by atoms with van der Waals surface area (Å²) in [4.78, 5) is 11.2. The number of aryl methyl sites for hydroxylation is 1. The summed E-state index contributed by atoms with van der Waals surface area (Å²) in [6, 6.07) is 0. The number of likely N-dealkylation sites (N-methyl/N-ethyl adjacent to an activating group) is 1. The van der Waals surface area contributed by atoms with Crippen LogP contribution < -0.4 is 10.6 Å². The Hall–Kier alpha value is -1.36. The Kier molecular flexibility index (Phi) is 7.18. The Morgan fingerprint density at radius 3 is 2.47 bits per heavy atom. The van der Waals surface area contributed by atoms with E-state index in [1.54, 1.807) is 0 Å². The number of rotatable bonds is 9. The lowest BCUT2D eigenvalue weighted by Crippen LogP contribution is -2.29. The fraction of sp³-hybridized carbons (Fsp3) is 0.714. The van der Waals surface area contributed by atoms with E-state index in [1.807, 2.05) is 13.1 Å². The highest BCUT2D eigenvalue weighted by atomic mass is 15.2. The van der Waals surface area contributed by atoms with Gasteiger partial charge < -0.3 is 15.5 Å². The molecule has 0 spiro atoms. The molecule has 5 heteroatoms. The van der Waals surface area contributed by atoms with Gasteiger partial charge in [-0.25, -0.2) is 4.98 Å². The van der Waals surface area contributed by atoms with Gasteiger partial charge in [-0.05, 0) is 26.4 Å². The van der Waals surface area contributed by atoms with Crippen molar-refractivity contribution in [2.45, 2.75) is 34.1 Å². The first kappa shape index (κ1) is 15.7. The monoisotopic (exact) mass is 265 g/mol. The van der Waals surface area contributed by atoms with Gasteiger partial charge in [-0.1, -0.05) is 20.8 Å². The summed E-state index contributed by atoms with van der Waals surface area (Å²) >= 11 is 0. The molecule has 0 aliphatic carbocycles. The van der Waals surface area contributed by atoms with E-state index in [0.29, 0.717) is 5.95 Å². The lowest BCUT2D eigenvalue weighted by Gasteiger charge is -2.18. The summed E-state index contributed by atoms with van der Waals surface area (Å²) in [6.45, 7) is 13.6. The van der Waals surface area contributed by atoms with Gasteiger partial charge in [0, 0.05) is 31.4 Å². The molecule has 0 unspecified atom stereocenters. The van der Waals surface area contributed by atoms with E-state index >= 15 is 0 Å². The molecule has 0 saturated heterocycles.